The first-order chi connectivity index (χ1) is 14.1. The minimum Gasteiger partial charge on any atom is -0.358 e. The predicted molar refractivity (Wildman–Crippen MR) is 154 cm³/mol. The van der Waals surface area contributed by atoms with Gasteiger partial charge in [0.2, 0.25) is 0 Å². The van der Waals surface area contributed by atoms with Crippen LogP contribution in [0.2, 0.25) is 24.2 Å². The Balaban J connectivity index is 0.00000218. The van der Waals surface area contributed by atoms with Crippen molar-refractivity contribution in [3.05, 3.63) is 103 Å². The standard InChI is InChI=1S/C28H38Si.4CH3.Zr/c1-5-12-20-19(2)27(24-16-9-6-13-21(20)24)29(3,4)28-25-17-10-7-14-22(25)23-15-8-11-18-26(23)28;;;;;/h6-11,13-28H,5,12H2,1-4H3;4*1H3;/q;4*-1;+4. The van der Waals surface area contributed by atoms with Crippen molar-refractivity contribution in [3.63, 3.8) is 0 Å². The molecule has 2 heteroatoms. The van der Waals surface area contributed by atoms with Crippen molar-refractivity contribution < 1.29 is 26.2 Å². The van der Waals surface area contributed by atoms with Crippen LogP contribution in [0.15, 0.2) is 72.9 Å². The second kappa shape index (κ2) is 13.2. The molecule has 0 spiro atoms. The van der Waals surface area contributed by atoms with E-state index in [-0.39, 0.29) is 55.9 Å². The van der Waals surface area contributed by atoms with E-state index in [1.165, 1.54) is 12.8 Å². The van der Waals surface area contributed by atoms with Crippen LogP contribution in [0, 0.1) is 77.0 Å². The Morgan fingerprint density at radius 2 is 0.912 bits per heavy atom. The SMILES string of the molecule is CCCC1C(C)C([Si](C)(C)C2C3C=CC=CC3C3C=CC=CC32)C2C=CC=CC21.[CH3-].[CH3-].[CH3-].[CH3-].[Zr+4]. The van der Waals surface area contributed by atoms with Crippen LogP contribution < -0.4 is 0 Å². The number of fused-ring (bicyclic) bond motifs is 4. The largest absolute Gasteiger partial charge is 4.00 e. The van der Waals surface area contributed by atoms with E-state index in [0.717, 1.165) is 46.6 Å². The molecule has 0 N–H and O–H groups in total. The van der Waals surface area contributed by atoms with Gasteiger partial charge in [0, 0.05) is 0 Å². The summed E-state index contributed by atoms with van der Waals surface area (Å²) in [6.07, 6.45) is 32.1. The van der Waals surface area contributed by atoms with E-state index in [1.54, 1.807) is 0 Å². The molecule has 0 nitrogen and oxygen atoms in total. The monoisotopic (exact) mass is 552 g/mol. The van der Waals surface area contributed by atoms with E-state index in [0.29, 0.717) is 11.8 Å². The minimum absolute atomic E-state index is 0. The average Bonchev–Trinajstić information content (AvgIpc) is 3.22. The Morgan fingerprint density at radius 1 is 0.559 bits per heavy atom. The van der Waals surface area contributed by atoms with Crippen molar-refractivity contribution in [2.75, 3.05) is 0 Å². The van der Waals surface area contributed by atoms with E-state index in [1.807, 2.05) is 0 Å². The quantitative estimate of drug-likeness (QED) is 0.240. The van der Waals surface area contributed by atoms with Gasteiger partial charge >= 0.3 is 26.2 Å². The summed E-state index contributed by atoms with van der Waals surface area (Å²) in [5.41, 5.74) is 1.75. The normalized spacial score (nSPS) is 39.9. The maximum absolute atomic E-state index is 2.77. The van der Waals surface area contributed by atoms with Crippen LogP contribution in [0.4, 0.5) is 0 Å². The number of rotatable bonds is 4. The first kappa shape index (κ1) is 33.5. The fraction of sp³-hybridized carbons (Fsp3) is 0.500. The molecule has 0 radical (unpaired) electrons. The van der Waals surface area contributed by atoms with Gasteiger partial charge in [0.15, 0.2) is 0 Å². The number of hydrogen-bond acceptors (Lipinski definition) is 0. The summed E-state index contributed by atoms with van der Waals surface area (Å²) in [5.74, 6) is 6.18. The van der Waals surface area contributed by atoms with E-state index >= 15 is 0 Å². The van der Waals surface area contributed by atoms with Crippen molar-refractivity contribution in [2.45, 2.75) is 50.9 Å². The summed E-state index contributed by atoms with van der Waals surface area (Å²) in [6.45, 7) is 10.5. The van der Waals surface area contributed by atoms with Gasteiger partial charge in [-0.1, -0.05) is 106 Å². The molecule has 5 aliphatic carbocycles. The molecule has 0 amide bonds. The molecule has 0 aromatic carbocycles. The van der Waals surface area contributed by atoms with Gasteiger partial charge in [-0.3, -0.25) is 0 Å². The van der Waals surface area contributed by atoms with Crippen molar-refractivity contribution in [3.8, 4) is 0 Å². The molecule has 0 saturated heterocycles. The van der Waals surface area contributed by atoms with Crippen molar-refractivity contribution >= 4 is 8.07 Å². The second-order valence-electron chi connectivity index (χ2n) is 11.0. The zero-order valence-electron chi connectivity index (χ0n) is 23.1. The second-order valence-corrected chi connectivity index (χ2v) is 15.9. The zero-order valence-corrected chi connectivity index (χ0v) is 26.6. The van der Waals surface area contributed by atoms with Crippen molar-refractivity contribution in [1.82, 2.24) is 0 Å². The van der Waals surface area contributed by atoms with Gasteiger partial charge in [0.25, 0.3) is 0 Å². The van der Waals surface area contributed by atoms with Gasteiger partial charge in [-0.2, -0.15) is 0 Å². The van der Waals surface area contributed by atoms with E-state index in [2.05, 4.69) is 99.9 Å². The smallest absolute Gasteiger partial charge is 0.358 e. The van der Waals surface area contributed by atoms with Gasteiger partial charge in [-0.15, -0.1) is 0 Å². The van der Waals surface area contributed by atoms with E-state index in [9.17, 15) is 0 Å². The summed E-state index contributed by atoms with van der Waals surface area (Å²) in [4.78, 5) is 0. The van der Waals surface area contributed by atoms with Gasteiger partial charge in [-0.05, 0) is 64.8 Å². The molecule has 0 aliphatic heterocycles. The third kappa shape index (κ3) is 5.16. The Morgan fingerprint density at radius 3 is 1.32 bits per heavy atom. The molecule has 9 unspecified atom stereocenters. The third-order valence-electron chi connectivity index (χ3n) is 9.43. The molecule has 2 fully saturated rings. The van der Waals surface area contributed by atoms with Crippen LogP contribution in [-0.2, 0) is 26.2 Å². The molecule has 5 rings (SSSR count). The summed E-state index contributed by atoms with van der Waals surface area (Å²) in [6, 6.07) is 0. The topological polar surface area (TPSA) is 0 Å². The zero-order chi connectivity index (χ0) is 20.2. The molecule has 186 valence electrons. The molecule has 0 aromatic rings. The van der Waals surface area contributed by atoms with Crippen molar-refractivity contribution in [2.24, 2.45) is 47.3 Å². The van der Waals surface area contributed by atoms with Crippen LogP contribution in [0.1, 0.15) is 26.7 Å². The van der Waals surface area contributed by atoms with Crippen LogP contribution in [0.25, 0.3) is 0 Å². The summed E-state index contributed by atoms with van der Waals surface area (Å²) >= 11 is 0. The van der Waals surface area contributed by atoms with Crippen LogP contribution in [0.5, 0.6) is 0 Å². The Bertz CT molecular complexity index is 779. The Kier molecular flexibility index (Phi) is 13.0. The molecule has 0 heterocycles. The van der Waals surface area contributed by atoms with Crippen molar-refractivity contribution in [1.29, 1.82) is 0 Å². The van der Waals surface area contributed by atoms with E-state index in [4.69, 9.17) is 0 Å². The van der Waals surface area contributed by atoms with Gasteiger partial charge in [0.05, 0.1) is 8.07 Å². The fourth-order valence-corrected chi connectivity index (χ4v) is 14.6. The maximum atomic E-state index is 2.77. The fourth-order valence-electron chi connectivity index (χ4n) is 8.60. The predicted octanol–water partition coefficient (Wildman–Crippen LogP) is 9.39. The molecule has 9 atom stereocenters. The van der Waals surface area contributed by atoms with Gasteiger partial charge in [0.1, 0.15) is 0 Å². The number of allylic oxidation sites excluding steroid dienone is 12. The molecule has 0 aromatic heterocycles. The molecule has 34 heavy (non-hydrogen) atoms. The average molecular weight is 554 g/mol. The molecular formula is C32H50SiZr. The third-order valence-corrected chi connectivity index (χ3v) is 14.5. The Hall–Kier alpha value is -0.460. The van der Waals surface area contributed by atoms with Crippen LogP contribution >= 0.6 is 0 Å². The first-order valence-electron chi connectivity index (χ1n) is 12.1. The molecular weight excluding hydrogens is 504 g/mol. The Labute approximate surface area is 234 Å². The summed E-state index contributed by atoms with van der Waals surface area (Å²) in [5, 5.41) is 0. The first-order valence-corrected chi connectivity index (χ1v) is 15.3. The number of hydrogen-bond donors (Lipinski definition) is 0. The molecule has 5 aliphatic rings. The van der Waals surface area contributed by atoms with Gasteiger partial charge in [-0.25, -0.2) is 0 Å². The van der Waals surface area contributed by atoms with Crippen LogP contribution in [0.3, 0.4) is 0 Å². The minimum atomic E-state index is -1.55. The molecule has 2 saturated carbocycles. The van der Waals surface area contributed by atoms with Gasteiger partial charge < -0.3 is 29.7 Å². The van der Waals surface area contributed by atoms with E-state index < -0.39 is 8.07 Å². The van der Waals surface area contributed by atoms with Crippen LogP contribution in [-0.4, -0.2) is 8.07 Å². The molecule has 0 bridgehead atoms. The maximum Gasteiger partial charge on any atom is 4.00 e. The summed E-state index contributed by atoms with van der Waals surface area (Å²) < 4.78 is 0. The summed E-state index contributed by atoms with van der Waals surface area (Å²) in [7, 11) is -1.55.